The first-order valence-corrected chi connectivity index (χ1v) is 7.47. The van der Waals surface area contributed by atoms with Gasteiger partial charge in [-0.15, -0.1) is 0 Å². The highest BCUT2D eigenvalue weighted by Crippen LogP contribution is 2.48. The maximum atomic E-state index is 11.4. The molecule has 0 aliphatic heterocycles. The summed E-state index contributed by atoms with van der Waals surface area (Å²) in [5.41, 5.74) is 2.70. The van der Waals surface area contributed by atoms with E-state index in [1.165, 1.54) is 5.56 Å². The fraction of sp³-hybridized carbons (Fsp3) is 0.235. The molecule has 0 radical (unpaired) electrons. The van der Waals surface area contributed by atoms with Crippen molar-refractivity contribution in [3.63, 3.8) is 0 Å². The third kappa shape index (κ3) is 2.50. The van der Waals surface area contributed by atoms with Crippen LogP contribution in [0.3, 0.4) is 0 Å². The molecule has 0 spiro atoms. The van der Waals surface area contributed by atoms with Crippen LogP contribution in [0.15, 0.2) is 53.0 Å². The van der Waals surface area contributed by atoms with Crippen molar-refractivity contribution in [1.82, 2.24) is 0 Å². The number of carboxylic acid groups (broad SMARTS) is 1. The van der Waals surface area contributed by atoms with E-state index in [4.69, 9.17) is 0 Å². The van der Waals surface area contributed by atoms with Crippen molar-refractivity contribution in [1.29, 1.82) is 0 Å². The number of carbonyl (C=O) groups is 1. The van der Waals surface area contributed by atoms with E-state index < -0.39 is 11.4 Å². The number of hydrogen-bond donors (Lipinski definition) is 1. The van der Waals surface area contributed by atoms with Crippen LogP contribution in [0.4, 0.5) is 0 Å². The van der Waals surface area contributed by atoms with E-state index in [1.807, 2.05) is 30.3 Å². The second-order valence-electron chi connectivity index (χ2n) is 5.39. The van der Waals surface area contributed by atoms with Gasteiger partial charge in [-0.1, -0.05) is 52.3 Å². The first kappa shape index (κ1) is 13.4. The molecule has 3 heteroatoms. The minimum atomic E-state index is -0.697. The molecular weight excluding hydrogens is 316 g/mol. The standard InChI is InChI=1S/C17H15BrO2/c18-15-6-2-4-13(11-15)9-12-3-1-5-14(10-12)17(7-8-17)16(19)20/h1-6,10-11H,7-9H2,(H,19,20). The van der Waals surface area contributed by atoms with Gasteiger partial charge in [-0.25, -0.2) is 0 Å². The lowest BCUT2D eigenvalue weighted by Gasteiger charge is -2.12. The molecule has 1 N–H and O–H groups in total. The first-order chi connectivity index (χ1) is 9.60. The van der Waals surface area contributed by atoms with Crippen molar-refractivity contribution >= 4 is 21.9 Å². The van der Waals surface area contributed by atoms with E-state index in [9.17, 15) is 9.90 Å². The van der Waals surface area contributed by atoms with Gasteiger partial charge in [0.15, 0.2) is 0 Å². The summed E-state index contributed by atoms with van der Waals surface area (Å²) in [5, 5.41) is 9.37. The van der Waals surface area contributed by atoms with Crippen molar-refractivity contribution in [2.75, 3.05) is 0 Å². The van der Waals surface area contributed by atoms with Crippen LogP contribution in [-0.4, -0.2) is 11.1 Å². The van der Waals surface area contributed by atoms with Gasteiger partial charge in [0.05, 0.1) is 5.41 Å². The maximum Gasteiger partial charge on any atom is 0.314 e. The predicted octanol–water partition coefficient (Wildman–Crippen LogP) is 4.16. The average Bonchev–Trinajstić information content (AvgIpc) is 3.20. The Morgan fingerprint density at radius 1 is 1.10 bits per heavy atom. The fourth-order valence-corrected chi connectivity index (χ4v) is 3.06. The van der Waals surface area contributed by atoms with E-state index in [1.54, 1.807) is 0 Å². The Kier molecular flexibility index (Phi) is 3.38. The summed E-state index contributed by atoms with van der Waals surface area (Å²) in [4.78, 5) is 11.4. The van der Waals surface area contributed by atoms with Crippen LogP contribution in [-0.2, 0) is 16.6 Å². The Labute approximate surface area is 126 Å². The van der Waals surface area contributed by atoms with E-state index in [0.29, 0.717) is 0 Å². The second kappa shape index (κ2) is 5.06. The highest BCUT2D eigenvalue weighted by molar-refractivity contribution is 9.10. The van der Waals surface area contributed by atoms with E-state index in [2.05, 4.69) is 34.1 Å². The average molecular weight is 331 g/mol. The van der Waals surface area contributed by atoms with Crippen LogP contribution < -0.4 is 0 Å². The Bertz CT molecular complexity index is 660. The van der Waals surface area contributed by atoms with E-state index in [-0.39, 0.29) is 0 Å². The van der Waals surface area contributed by atoms with Gasteiger partial charge in [-0.05, 0) is 48.1 Å². The molecule has 1 aliphatic carbocycles. The topological polar surface area (TPSA) is 37.3 Å². The molecule has 0 aromatic heterocycles. The van der Waals surface area contributed by atoms with Crippen LogP contribution in [0.1, 0.15) is 29.5 Å². The third-order valence-corrected chi connectivity index (χ3v) is 4.43. The SMILES string of the molecule is O=C(O)C1(c2cccc(Cc3cccc(Br)c3)c2)CC1. The lowest BCUT2D eigenvalue weighted by atomic mass is 9.93. The number of rotatable bonds is 4. The molecule has 0 amide bonds. The number of aliphatic carboxylic acids is 1. The lowest BCUT2D eigenvalue weighted by molar-refractivity contribution is -0.140. The molecule has 2 nitrogen and oxygen atoms in total. The summed E-state index contributed by atoms with van der Waals surface area (Å²) >= 11 is 3.47. The minimum Gasteiger partial charge on any atom is -0.481 e. The third-order valence-electron chi connectivity index (χ3n) is 3.94. The Morgan fingerprint density at radius 3 is 2.35 bits per heavy atom. The molecule has 1 saturated carbocycles. The van der Waals surface area contributed by atoms with Gasteiger partial charge in [0.25, 0.3) is 0 Å². The van der Waals surface area contributed by atoms with Crippen molar-refractivity contribution in [2.45, 2.75) is 24.7 Å². The van der Waals surface area contributed by atoms with Gasteiger partial charge >= 0.3 is 5.97 Å². The second-order valence-corrected chi connectivity index (χ2v) is 6.31. The zero-order valence-corrected chi connectivity index (χ0v) is 12.6. The molecule has 1 aliphatic rings. The molecule has 20 heavy (non-hydrogen) atoms. The van der Waals surface area contributed by atoms with Crippen LogP contribution in [0.5, 0.6) is 0 Å². The van der Waals surface area contributed by atoms with Gasteiger partial charge < -0.3 is 5.11 Å². The van der Waals surface area contributed by atoms with Gasteiger partial charge in [0.2, 0.25) is 0 Å². The van der Waals surface area contributed by atoms with Crippen LogP contribution in [0.25, 0.3) is 0 Å². The van der Waals surface area contributed by atoms with Crippen molar-refractivity contribution in [3.05, 3.63) is 69.7 Å². The molecular formula is C17H15BrO2. The van der Waals surface area contributed by atoms with Gasteiger partial charge in [-0.2, -0.15) is 0 Å². The number of hydrogen-bond acceptors (Lipinski definition) is 1. The van der Waals surface area contributed by atoms with E-state index in [0.717, 1.165) is 34.9 Å². The fourth-order valence-electron chi connectivity index (χ4n) is 2.61. The number of carboxylic acids is 1. The maximum absolute atomic E-state index is 11.4. The lowest BCUT2D eigenvalue weighted by Crippen LogP contribution is -2.19. The smallest absolute Gasteiger partial charge is 0.314 e. The van der Waals surface area contributed by atoms with Gasteiger partial charge in [0, 0.05) is 4.47 Å². The summed E-state index contributed by atoms with van der Waals surface area (Å²) < 4.78 is 1.07. The minimum absolute atomic E-state index is 0.618. The molecule has 0 heterocycles. The van der Waals surface area contributed by atoms with Gasteiger partial charge in [-0.3, -0.25) is 4.79 Å². The highest BCUT2D eigenvalue weighted by Gasteiger charge is 2.51. The molecule has 102 valence electrons. The zero-order valence-electron chi connectivity index (χ0n) is 11.0. The van der Waals surface area contributed by atoms with Crippen molar-refractivity contribution in [3.8, 4) is 0 Å². The predicted molar refractivity (Wildman–Crippen MR) is 81.9 cm³/mol. The number of benzene rings is 2. The molecule has 2 aromatic rings. The molecule has 0 unspecified atom stereocenters. The molecule has 0 atom stereocenters. The van der Waals surface area contributed by atoms with Crippen molar-refractivity contribution in [2.24, 2.45) is 0 Å². The normalized spacial score (nSPS) is 15.8. The summed E-state index contributed by atoms with van der Waals surface area (Å²) in [6.45, 7) is 0. The zero-order chi connectivity index (χ0) is 14.2. The van der Waals surface area contributed by atoms with Crippen LogP contribution in [0, 0.1) is 0 Å². The largest absolute Gasteiger partial charge is 0.481 e. The van der Waals surface area contributed by atoms with E-state index >= 15 is 0 Å². The molecule has 2 aromatic carbocycles. The summed E-state index contributed by atoms with van der Waals surface area (Å²) in [7, 11) is 0. The molecule has 1 fully saturated rings. The molecule has 0 saturated heterocycles. The Morgan fingerprint density at radius 2 is 1.75 bits per heavy atom. The Hall–Kier alpha value is -1.61. The molecule has 0 bridgehead atoms. The first-order valence-electron chi connectivity index (χ1n) is 6.67. The Balaban J connectivity index is 1.87. The van der Waals surface area contributed by atoms with Crippen LogP contribution in [0.2, 0.25) is 0 Å². The quantitative estimate of drug-likeness (QED) is 0.914. The monoisotopic (exact) mass is 330 g/mol. The summed E-state index contributed by atoms with van der Waals surface area (Å²) in [5.74, 6) is -0.697. The highest BCUT2D eigenvalue weighted by atomic mass is 79.9. The van der Waals surface area contributed by atoms with Crippen molar-refractivity contribution < 1.29 is 9.90 Å². The summed E-state index contributed by atoms with van der Waals surface area (Å²) in [6, 6.07) is 16.2. The van der Waals surface area contributed by atoms with Crippen LogP contribution >= 0.6 is 15.9 Å². The molecule has 3 rings (SSSR count). The summed E-state index contributed by atoms with van der Waals surface area (Å²) in [6.07, 6.45) is 2.33. The van der Waals surface area contributed by atoms with Gasteiger partial charge in [0.1, 0.15) is 0 Å². The number of halogens is 1.